The molecule has 0 aliphatic heterocycles. The minimum atomic E-state index is -0.485. The van der Waals surface area contributed by atoms with E-state index in [0.29, 0.717) is 18.2 Å². The topological polar surface area (TPSA) is 15.3 Å². The number of anilines is 1. The lowest BCUT2D eigenvalue weighted by atomic mass is 9.98. The van der Waals surface area contributed by atoms with Crippen LogP contribution >= 0.6 is 0 Å². The third-order valence-corrected chi connectivity index (χ3v) is 4.36. The molecule has 0 amide bonds. The van der Waals surface area contributed by atoms with Gasteiger partial charge in [-0.1, -0.05) is 6.92 Å². The zero-order valence-electron chi connectivity index (χ0n) is 12.8. The predicted octanol–water partition coefficient (Wildman–Crippen LogP) is 3.84. The molecule has 20 heavy (non-hydrogen) atoms. The van der Waals surface area contributed by atoms with Gasteiger partial charge in [-0.3, -0.25) is 0 Å². The number of hydrogen-bond acceptors (Lipinski definition) is 2. The van der Waals surface area contributed by atoms with Crippen LogP contribution in [0.3, 0.4) is 0 Å². The van der Waals surface area contributed by atoms with E-state index in [9.17, 15) is 8.78 Å². The van der Waals surface area contributed by atoms with Gasteiger partial charge in [-0.2, -0.15) is 0 Å². The average molecular weight is 282 g/mol. The highest BCUT2D eigenvalue weighted by molar-refractivity contribution is 5.52. The van der Waals surface area contributed by atoms with Crippen LogP contribution in [0.25, 0.3) is 0 Å². The van der Waals surface area contributed by atoms with Crippen molar-refractivity contribution in [3.63, 3.8) is 0 Å². The lowest BCUT2D eigenvalue weighted by Gasteiger charge is -2.37. The van der Waals surface area contributed by atoms with Crippen LogP contribution in [0.15, 0.2) is 12.1 Å². The second-order valence-corrected chi connectivity index (χ2v) is 6.29. The molecule has 1 saturated carbocycles. The Bertz CT molecular complexity index is 458. The minimum absolute atomic E-state index is 0.0621. The Labute approximate surface area is 120 Å². The molecule has 0 heterocycles. The van der Waals surface area contributed by atoms with E-state index in [4.69, 9.17) is 0 Å². The van der Waals surface area contributed by atoms with Gasteiger partial charge in [-0.15, -0.1) is 0 Å². The molecule has 2 rings (SSSR count). The van der Waals surface area contributed by atoms with E-state index in [-0.39, 0.29) is 11.2 Å². The van der Waals surface area contributed by atoms with Gasteiger partial charge in [0.15, 0.2) is 0 Å². The molecule has 0 bridgehead atoms. The number of halogens is 2. The van der Waals surface area contributed by atoms with Gasteiger partial charge < -0.3 is 10.2 Å². The second-order valence-electron chi connectivity index (χ2n) is 6.29. The first-order chi connectivity index (χ1) is 9.35. The van der Waals surface area contributed by atoms with E-state index in [0.717, 1.165) is 19.3 Å². The van der Waals surface area contributed by atoms with Crippen LogP contribution in [0.4, 0.5) is 14.5 Å². The number of benzene rings is 1. The van der Waals surface area contributed by atoms with Gasteiger partial charge in [0, 0.05) is 25.2 Å². The average Bonchev–Trinajstić information content (AvgIpc) is 3.19. The molecular formula is C16H24F2N2. The molecule has 0 saturated heterocycles. The summed E-state index contributed by atoms with van der Waals surface area (Å²) in [7, 11) is 1.74. The SMILES string of the molecule is CCC(C)(C)N(C)c1c(F)cc(CNC2CC2)cc1F. The molecule has 1 aromatic carbocycles. The third kappa shape index (κ3) is 3.29. The molecule has 4 heteroatoms. The van der Waals surface area contributed by atoms with Crippen LogP contribution in [0.2, 0.25) is 0 Å². The molecule has 112 valence electrons. The molecule has 1 fully saturated rings. The van der Waals surface area contributed by atoms with Crippen LogP contribution in [0.1, 0.15) is 45.6 Å². The monoisotopic (exact) mass is 282 g/mol. The fraction of sp³-hybridized carbons (Fsp3) is 0.625. The molecule has 1 N–H and O–H groups in total. The summed E-state index contributed by atoms with van der Waals surface area (Å²) in [4.78, 5) is 1.69. The first-order valence-corrected chi connectivity index (χ1v) is 7.30. The van der Waals surface area contributed by atoms with Gasteiger partial charge >= 0.3 is 0 Å². The van der Waals surface area contributed by atoms with Gasteiger partial charge in [0.05, 0.1) is 0 Å². The first kappa shape index (κ1) is 15.2. The van der Waals surface area contributed by atoms with E-state index in [1.165, 1.54) is 12.1 Å². The summed E-state index contributed by atoms with van der Waals surface area (Å²) in [5, 5.41) is 3.27. The van der Waals surface area contributed by atoms with Crippen molar-refractivity contribution in [2.45, 2.75) is 58.2 Å². The van der Waals surface area contributed by atoms with Gasteiger partial charge in [0.2, 0.25) is 0 Å². The maximum atomic E-state index is 14.3. The number of nitrogens with zero attached hydrogens (tertiary/aromatic N) is 1. The molecule has 0 radical (unpaired) electrons. The van der Waals surface area contributed by atoms with E-state index in [1.54, 1.807) is 11.9 Å². The first-order valence-electron chi connectivity index (χ1n) is 7.30. The molecule has 1 aliphatic rings. The number of nitrogens with one attached hydrogen (secondary N) is 1. The smallest absolute Gasteiger partial charge is 0.149 e. The zero-order valence-corrected chi connectivity index (χ0v) is 12.8. The second kappa shape index (κ2) is 5.68. The lowest BCUT2D eigenvalue weighted by Crippen LogP contribution is -2.41. The summed E-state index contributed by atoms with van der Waals surface area (Å²) in [5.41, 5.74) is 0.445. The predicted molar refractivity (Wildman–Crippen MR) is 79.0 cm³/mol. The normalized spacial score (nSPS) is 15.5. The Morgan fingerprint density at radius 2 is 1.80 bits per heavy atom. The van der Waals surface area contributed by atoms with Crippen LogP contribution < -0.4 is 10.2 Å². The molecule has 0 atom stereocenters. The van der Waals surface area contributed by atoms with Crippen molar-refractivity contribution in [2.75, 3.05) is 11.9 Å². The van der Waals surface area contributed by atoms with Crippen molar-refractivity contribution < 1.29 is 8.78 Å². The van der Waals surface area contributed by atoms with Gasteiger partial charge in [-0.05, 0) is 50.8 Å². The molecular weight excluding hydrogens is 258 g/mol. The highest BCUT2D eigenvalue weighted by Gasteiger charge is 2.27. The van der Waals surface area contributed by atoms with Crippen LogP contribution in [-0.2, 0) is 6.54 Å². The fourth-order valence-corrected chi connectivity index (χ4v) is 2.13. The van der Waals surface area contributed by atoms with E-state index < -0.39 is 11.6 Å². The Morgan fingerprint density at radius 1 is 1.25 bits per heavy atom. The van der Waals surface area contributed by atoms with Crippen molar-refractivity contribution in [3.05, 3.63) is 29.3 Å². The summed E-state index contributed by atoms with van der Waals surface area (Å²) >= 11 is 0. The van der Waals surface area contributed by atoms with Gasteiger partial charge in [0.25, 0.3) is 0 Å². The Morgan fingerprint density at radius 3 is 2.25 bits per heavy atom. The van der Waals surface area contributed by atoms with E-state index in [1.807, 2.05) is 20.8 Å². The van der Waals surface area contributed by atoms with Crippen LogP contribution in [-0.4, -0.2) is 18.6 Å². The molecule has 0 spiro atoms. The summed E-state index contributed by atoms with van der Waals surface area (Å²) in [6, 6.07) is 3.41. The maximum Gasteiger partial charge on any atom is 0.149 e. The number of rotatable bonds is 6. The van der Waals surface area contributed by atoms with Crippen molar-refractivity contribution in [1.82, 2.24) is 5.32 Å². The van der Waals surface area contributed by atoms with Crippen molar-refractivity contribution in [2.24, 2.45) is 0 Å². The van der Waals surface area contributed by atoms with Gasteiger partial charge in [0.1, 0.15) is 17.3 Å². The summed E-state index contributed by atoms with van der Waals surface area (Å²) in [5.74, 6) is -0.969. The summed E-state index contributed by atoms with van der Waals surface area (Å²) < 4.78 is 28.5. The Kier molecular flexibility index (Phi) is 4.33. The highest BCUT2D eigenvalue weighted by atomic mass is 19.1. The molecule has 2 nitrogen and oxygen atoms in total. The Balaban J connectivity index is 2.21. The van der Waals surface area contributed by atoms with Crippen molar-refractivity contribution >= 4 is 5.69 Å². The standard InChI is InChI=1S/C16H24F2N2/c1-5-16(2,3)20(4)15-13(17)8-11(9-14(15)18)10-19-12-6-7-12/h8-9,12,19H,5-7,10H2,1-4H3. The number of hydrogen-bond donors (Lipinski definition) is 1. The Hall–Kier alpha value is -1.16. The lowest BCUT2D eigenvalue weighted by molar-refractivity contribution is 0.451. The molecule has 1 aromatic rings. The maximum absolute atomic E-state index is 14.3. The van der Waals surface area contributed by atoms with E-state index in [2.05, 4.69) is 5.32 Å². The summed E-state index contributed by atoms with van der Waals surface area (Å²) in [6.07, 6.45) is 3.14. The quantitative estimate of drug-likeness (QED) is 0.852. The summed E-state index contributed by atoms with van der Waals surface area (Å²) in [6.45, 7) is 6.50. The van der Waals surface area contributed by atoms with Crippen LogP contribution in [0, 0.1) is 11.6 Å². The fourth-order valence-electron chi connectivity index (χ4n) is 2.13. The minimum Gasteiger partial charge on any atom is -0.365 e. The highest BCUT2D eigenvalue weighted by Crippen LogP contribution is 2.31. The van der Waals surface area contributed by atoms with Gasteiger partial charge in [-0.25, -0.2) is 8.78 Å². The largest absolute Gasteiger partial charge is 0.365 e. The molecule has 0 aromatic heterocycles. The van der Waals surface area contributed by atoms with Crippen molar-refractivity contribution in [3.8, 4) is 0 Å². The molecule has 1 aliphatic carbocycles. The van der Waals surface area contributed by atoms with Crippen LogP contribution in [0.5, 0.6) is 0 Å². The van der Waals surface area contributed by atoms with E-state index >= 15 is 0 Å². The third-order valence-electron chi connectivity index (χ3n) is 4.36. The van der Waals surface area contributed by atoms with Crippen molar-refractivity contribution in [1.29, 1.82) is 0 Å². The molecule has 0 unspecified atom stereocenters. The zero-order chi connectivity index (χ0) is 14.9.